The Balaban J connectivity index is 2.37. The van der Waals surface area contributed by atoms with Gasteiger partial charge in [-0.3, -0.25) is 0 Å². The van der Waals surface area contributed by atoms with E-state index in [-0.39, 0.29) is 6.61 Å². The van der Waals surface area contributed by atoms with E-state index in [0.717, 1.165) is 25.2 Å². The van der Waals surface area contributed by atoms with Gasteiger partial charge in [0.1, 0.15) is 5.75 Å². The van der Waals surface area contributed by atoms with Gasteiger partial charge in [0.05, 0.1) is 6.61 Å². The lowest BCUT2D eigenvalue weighted by atomic mass is 10.0. The smallest absolute Gasteiger partial charge is 0.125 e. The van der Waals surface area contributed by atoms with E-state index in [9.17, 15) is 0 Å². The Kier molecular flexibility index (Phi) is 2.23. The van der Waals surface area contributed by atoms with E-state index in [1.54, 1.807) is 0 Å². The van der Waals surface area contributed by atoms with Crippen LogP contribution in [0.1, 0.15) is 16.7 Å². The number of benzene rings is 1. The summed E-state index contributed by atoms with van der Waals surface area (Å²) in [5.74, 6) is 1.06. The highest BCUT2D eigenvalue weighted by atomic mass is 16.5. The molecule has 2 nitrogen and oxygen atoms in total. The van der Waals surface area contributed by atoms with E-state index in [1.165, 1.54) is 16.7 Å². The number of hydrogen-bond acceptors (Lipinski definition) is 2. The topological polar surface area (TPSA) is 29.5 Å². The lowest BCUT2D eigenvalue weighted by Gasteiger charge is -2.06. The van der Waals surface area contributed by atoms with Crippen molar-refractivity contribution in [2.24, 2.45) is 0 Å². The minimum absolute atomic E-state index is 0.221. The molecule has 0 spiro atoms. The first kappa shape index (κ1) is 8.57. The van der Waals surface area contributed by atoms with Gasteiger partial charge in [0.15, 0.2) is 0 Å². The van der Waals surface area contributed by atoms with Crippen molar-refractivity contribution in [3.05, 3.63) is 28.8 Å². The van der Waals surface area contributed by atoms with E-state index in [4.69, 9.17) is 9.84 Å². The van der Waals surface area contributed by atoms with Crippen molar-refractivity contribution in [3.63, 3.8) is 0 Å². The van der Waals surface area contributed by atoms with Gasteiger partial charge >= 0.3 is 0 Å². The zero-order valence-electron chi connectivity index (χ0n) is 7.84. The number of fused-ring (bicyclic) bond motifs is 1. The second kappa shape index (κ2) is 3.38. The molecule has 0 fully saturated rings. The third-order valence-corrected chi connectivity index (χ3v) is 2.43. The number of aliphatic hydroxyl groups excluding tert-OH is 1. The molecule has 0 amide bonds. The standard InChI is InChI=1S/C11H14O2/c1-8-6-9(2-4-12)7-10-3-5-13-11(8)10/h6-7,12H,2-5H2,1H3. The third kappa shape index (κ3) is 1.54. The summed E-state index contributed by atoms with van der Waals surface area (Å²) in [7, 11) is 0. The molecule has 2 heteroatoms. The molecule has 1 aromatic rings. The van der Waals surface area contributed by atoms with E-state index >= 15 is 0 Å². The van der Waals surface area contributed by atoms with E-state index < -0.39 is 0 Å². The quantitative estimate of drug-likeness (QED) is 0.743. The number of ether oxygens (including phenoxy) is 1. The van der Waals surface area contributed by atoms with Gasteiger partial charge < -0.3 is 9.84 Å². The van der Waals surface area contributed by atoms with Crippen LogP contribution in [0.15, 0.2) is 12.1 Å². The lowest BCUT2D eigenvalue weighted by Crippen LogP contribution is -1.93. The molecule has 2 rings (SSSR count). The summed E-state index contributed by atoms with van der Waals surface area (Å²) in [5.41, 5.74) is 3.70. The normalized spacial score (nSPS) is 14.0. The fourth-order valence-electron chi connectivity index (χ4n) is 1.86. The van der Waals surface area contributed by atoms with Gasteiger partial charge in [-0.25, -0.2) is 0 Å². The Bertz CT molecular complexity index is 318. The fourth-order valence-corrected chi connectivity index (χ4v) is 1.86. The van der Waals surface area contributed by atoms with Crippen molar-refractivity contribution in [3.8, 4) is 5.75 Å². The second-order valence-corrected chi connectivity index (χ2v) is 3.47. The summed E-state index contributed by atoms with van der Waals surface area (Å²) in [4.78, 5) is 0. The highest BCUT2D eigenvalue weighted by Crippen LogP contribution is 2.30. The van der Waals surface area contributed by atoms with E-state index in [0.29, 0.717) is 0 Å². The first-order valence-electron chi connectivity index (χ1n) is 4.67. The van der Waals surface area contributed by atoms with Gasteiger partial charge in [0.2, 0.25) is 0 Å². The molecule has 1 aliphatic rings. The number of aryl methyl sites for hydroxylation is 1. The molecule has 0 saturated carbocycles. The number of aliphatic hydroxyl groups is 1. The highest BCUT2D eigenvalue weighted by molar-refractivity contribution is 5.46. The molecule has 1 aromatic carbocycles. The van der Waals surface area contributed by atoms with Crippen LogP contribution in [0.2, 0.25) is 0 Å². The Morgan fingerprint density at radius 3 is 3.08 bits per heavy atom. The molecule has 13 heavy (non-hydrogen) atoms. The molecule has 1 N–H and O–H groups in total. The van der Waals surface area contributed by atoms with Crippen molar-refractivity contribution >= 4 is 0 Å². The van der Waals surface area contributed by atoms with Gasteiger partial charge in [-0.2, -0.15) is 0 Å². The molecule has 0 bridgehead atoms. The van der Waals surface area contributed by atoms with Crippen LogP contribution >= 0.6 is 0 Å². The van der Waals surface area contributed by atoms with Crippen molar-refractivity contribution in [2.45, 2.75) is 19.8 Å². The SMILES string of the molecule is Cc1cc(CCO)cc2c1OCC2. The molecule has 0 atom stereocenters. The Morgan fingerprint density at radius 1 is 1.46 bits per heavy atom. The van der Waals surface area contributed by atoms with Crippen molar-refractivity contribution in [1.82, 2.24) is 0 Å². The maximum atomic E-state index is 8.83. The zero-order chi connectivity index (χ0) is 9.26. The fraction of sp³-hybridized carbons (Fsp3) is 0.455. The van der Waals surface area contributed by atoms with Crippen LogP contribution in [0.4, 0.5) is 0 Å². The first-order chi connectivity index (χ1) is 6.31. The largest absolute Gasteiger partial charge is 0.493 e. The summed E-state index contributed by atoms with van der Waals surface area (Å²) in [6.45, 7) is 3.09. The molecule has 1 heterocycles. The Hall–Kier alpha value is -1.02. The van der Waals surface area contributed by atoms with Crippen LogP contribution in [0.25, 0.3) is 0 Å². The summed E-state index contributed by atoms with van der Waals surface area (Å²) in [6, 6.07) is 4.24. The van der Waals surface area contributed by atoms with Crippen molar-refractivity contribution in [2.75, 3.05) is 13.2 Å². The van der Waals surface area contributed by atoms with Crippen LogP contribution in [-0.2, 0) is 12.8 Å². The first-order valence-corrected chi connectivity index (χ1v) is 4.67. The van der Waals surface area contributed by atoms with Crippen LogP contribution in [0, 0.1) is 6.92 Å². The van der Waals surface area contributed by atoms with Gasteiger partial charge in [-0.15, -0.1) is 0 Å². The average Bonchev–Trinajstić information content (AvgIpc) is 2.53. The lowest BCUT2D eigenvalue weighted by molar-refractivity contribution is 0.299. The van der Waals surface area contributed by atoms with Crippen LogP contribution in [-0.4, -0.2) is 18.3 Å². The summed E-state index contributed by atoms with van der Waals surface area (Å²) < 4.78 is 5.50. The number of rotatable bonds is 2. The molecule has 0 saturated heterocycles. The minimum Gasteiger partial charge on any atom is -0.493 e. The minimum atomic E-state index is 0.221. The maximum absolute atomic E-state index is 8.83. The maximum Gasteiger partial charge on any atom is 0.125 e. The Labute approximate surface area is 78.2 Å². The van der Waals surface area contributed by atoms with Gasteiger partial charge in [-0.05, 0) is 30.0 Å². The second-order valence-electron chi connectivity index (χ2n) is 3.47. The zero-order valence-corrected chi connectivity index (χ0v) is 7.84. The molecule has 0 unspecified atom stereocenters. The van der Waals surface area contributed by atoms with Crippen molar-refractivity contribution < 1.29 is 9.84 Å². The molecule has 70 valence electrons. The highest BCUT2D eigenvalue weighted by Gasteiger charge is 2.14. The van der Waals surface area contributed by atoms with Crippen molar-refractivity contribution in [1.29, 1.82) is 0 Å². The molecule has 1 aliphatic heterocycles. The monoisotopic (exact) mass is 178 g/mol. The third-order valence-electron chi connectivity index (χ3n) is 2.43. The predicted octanol–water partition coefficient (Wildman–Crippen LogP) is 1.46. The molecular formula is C11H14O2. The van der Waals surface area contributed by atoms with Gasteiger partial charge in [-0.1, -0.05) is 12.1 Å². The van der Waals surface area contributed by atoms with Crippen LogP contribution < -0.4 is 4.74 Å². The summed E-state index contributed by atoms with van der Waals surface area (Å²) in [5, 5.41) is 8.83. The molecule has 0 aliphatic carbocycles. The molecule has 0 aromatic heterocycles. The van der Waals surface area contributed by atoms with Crippen LogP contribution in [0.3, 0.4) is 0 Å². The van der Waals surface area contributed by atoms with E-state index in [2.05, 4.69) is 19.1 Å². The van der Waals surface area contributed by atoms with Gasteiger partial charge in [0.25, 0.3) is 0 Å². The van der Waals surface area contributed by atoms with E-state index in [1.807, 2.05) is 0 Å². The number of hydrogen-bond donors (Lipinski definition) is 1. The summed E-state index contributed by atoms with van der Waals surface area (Å²) in [6.07, 6.45) is 1.75. The Morgan fingerprint density at radius 2 is 2.31 bits per heavy atom. The predicted molar refractivity (Wildman–Crippen MR) is 51.2 cm³/mol. The van der Waals surface area contributed by atoms with Gasteiger partial charge in [0, 0.05) is 13.0 Å². The average molecular weight is 178 g/mol. The summed E-state index contributed by atoms with van der Waals surface area (Å²) >= 11 is 0. The molecule has 0 radical (unpaired) electrons. The molecular weight excluding hydrogens is 164 g/mol. The van der Waals surface area contributed by atoms with Crippen LogP contribution in [0.5, 0.6) is 5.75 Å².